The van der Waals surface area contributed by atoms with Crippen molar-refractivity contribution < 1.29 is 4.74 Å². The van der Waals surface area contributed by atoms with E-state index in [9.17, 15) is 4.79 Å². The molecule has 1 N–H and O–H groups in total. The van der Waals surface area contributed by atoms with Crippen LogP contribution in [0.25, 0.3) is 39.2 Å². The fourth-order valence-corrected chi connectivity index (χ4v) is 3.85. The van der Waals surface area contributed by atoms with E-state index in [1.807, 2.05) is 73.7 Å². The van der Waals surface area contributed by atoms with Crippen LogP contribution in [-0.4, -0.2) is 26.7 Å². The molecule has 0 aliphatic carbocycles. The van der Waals surface area contributed by atoms with E-state index in [-0.39, 0.29) is 5.56 Å². The van der Waals surface area contributed by atoms with Gasteiger partial charge in [-0.05, 0) is 18.6 Å². The normalized spacial score (nSPS) is 11.0. The van der Waals surface area contributed by atoms with Gasteiger partial charge in [0.2, 0.25) is 5.88 Å². The molecule has 0 aliphatic rings. The number of nitrogens with one attached hydrogen (secondary N) is 1. The second-order valence-electron chi connectivity index (χ2n) is 7.24. The van der Waals surface area contributed by atoms with Crippen molar-refractivity contribution in [2.45, 2.75) is 6.92 Å². The fraction of sp³-hybridized carbons (Fsp3) is 0.0800. The summed E-state index contributed by atoms with van der Waals surface area (Å²) < 4.78 is 6.59. The molecule has 5 aromatic rings. The Morgan fingerprint density at radius 2 is 1.52 bits per heavy atom. The quantitative estimate of drug-likeness (QED) is 0.466. The van der Waals surface area contributed by atoms with Gasteiger partial charge in [-0.1, -0.05) is 60.7 Å². The number of hydrogen-bond donors (Lipinski definition) is 1. The molecule has 0 atom stereocenters. The van der Waals surface area contributed by atoms with Crippen molar-refractivity contribution in [1.29, 1.82) is 0 Å². The molecule has 0 unspecified atom stereocenters. The standard InChI is InChI=1S/C25H20N4O2/c1-16-21(19-13-14-20(31-2)26-15-19)25(30)29-24(27-16)22(17-9-5-3-6-10-17)23(28-29)18-11-7-4-8-12-18/h3-15,27H,1-2H3. The van der Waals surface area contributed by atoms with E-state index >= 15 is 0 Å². The number of rotatable bonds is 4. The van der Waals surface area contributed by atoms with Crippen LogP contribution in [0.3, 0.4) is 0 Å². The molecular formula is C25H20N4O2. The minimum Gasteiger partial charge on any atom is -0.481 e. The maximum absolute atomic E-state index is 13.6. The molecule has 0 aliphatic heterocycles. The number of aromatic amines is 1. The Bertz CT molecular complexity index is 1420. The van der Waals surface area contributed by atoms with E-state index in [0.29, 0.717) is 22.7 Å². The second kappa shape index (κ2) is 7.57. The lowest BCUT2D eigenvalue weighted by Gasteiger charge is -2.08. The van der Waals surface area contributed by atoms with Gasteiger partial charge in [-0.25, -0.2) is 4.98 Å². The number of fused-ring (bicyclic) bond motifs is 1. The summed E-state index contributed by atoms with van der Waals surface area (Å²) in [5.74, 6) is 0.496. The Labute approximate surface area is 178 Å². The highest BCUT2D eigenvalue weighted by molar-refractivity contribution is 5.90. The molecule has 0 spiro atoms. The van der Waals surface area contributed by atoms with Crippen LogP contribution in [0.5, 0.6) is 5.88 Å². The second-order valence-corrected chi connectivity index (χ2v) is 7.24. The summed E-state index contributed by atoms with van der Waals surface area (Å²) in [5, 5.41) is 4.75. The molecule has 152 valence electrons. The van der Waals surface area contributed by atoms with E-state index in [1.54, 1.807) is 19.4 Å². The Morgan fingerprint density at radius 3 is 2.13 bits per heavy atom. The maximum atomic E-state index is 13.6. The van der Waals surface area contributed by atoms with Crippen LogP contribution < -0.4 is 10.3 Å². The molecule has 0 saturated carbocycles. The molecule has 31 heavy (non-hydrogen) atoms. The van der Waals surface area contributed by atoms with Gasteiger partial charge < -0.3 is 9.72 Å². The number of H-pyrrole nitrogens is 1. The summed E-state index contributed by atoms with van der Waals surface area (Å²) in [6.45, 7) is 1.89. The van der Waals surface area contributed by atoms with Gasteiger partial charge in [0, 0.05) is 29.1 Å². The van der Waals surface area contributed by atoms with Crippen LogP contribution in [0, 0.1) is 6.92 Å². The zero-order valence-corrected chi connectivity index (χ0v) is 17.2. The molecule has 0 radical (unpaired) electrons. The highest BCUT2D eigenvalue weighted by Crippen LogP contribution is 2.34. The SMILES string of the molecule is COc1ccc(-c2c(C)[nH]c3c(-c4ccccc4)c(-c4ccccc4)nn3c2=O)cn1. The Hall–Kier alpha value is -4.19. The summed E-state index contributed by atoms with van der Waals surface area (Å²) >= 11 is 0. The molecule has 0 bridgehead atoms. The van der Waals surface area contributed by atoms with Crippen molar-refractivity contribution in [2.75, 3.05) is 7.11 Å². The Balaban J connectivity index is 1.82. The molecule has 3 aromatic heterocycles. The summed E-state index contributed by atoms with van der Waals surface area (Å²) in [6, 6.07) is 23.5. The number of methoxy groups -OCH3 is 1. The summed E-state index contributed by atoms with van der Waals surface area (Å²) in [5.41, 5.74) is 6.05. The zero-order chi connectivity index (χ0) is 21.4. The minimum absolute atomic E-state index is 0.197. The monoisotopic (exact) mass is 408 g/mol. The average molecular weight is 408 g/mol. The van der Waals surface area contributed by atoms with Crippen LogP contribution in [0.1, 0.15) is 5.69 Å². The number of pyridine rings is 1. The summed E-state index contributed by atoms with van der Waals surface area (Å²) in [4.78, 5) is 21.2. The lowest BCUT2D eigenvalue weighted by atomic mass is 10.0. The van der Waals surface area contributed by atoms with Gasteiger partial charge in [0.15, 0.2) is 0 Å². The summed E-state index contributed by atoms with van der Waals surface area (Å²) in [6.07, 6.45) is 1.64. The number of ether oxygens (including phenoxy) is 1. The fourth-order valence-electron chi connectivity index (χ4n) is 3.85. The molecule has 0 fully saturated rings. The van der Waals surface area contributed by atoms with Gasteiger partial charge in [-0.15, -0.1) is 0 Å². The zero-order valence-electron chi connectivity index (χ0n) is 17.2. The lowest BCUT2D eigenvalue weighted by Crippen LogP contribution is -2.19. The van der Waals surface area contributed by atoms with Crippen LogP contribution in [0.15, 0.2) is 83.8 Å². The number of aromatic nitrogens is 4. The van der Waals surface area contributed by atoms with Crippen molar-refractivity contribution in [3.05, 3.63) is 95.0 Å². The largest absolute Gasteiger partial charge is 0.481 e. The molecule has 6 heteroatoms. The van der Waals surface area contributed by atoms with Gasteiger partial charge in [0.1, 0.15) is 11.3 Å². The maximum Gasteiger partial charge on any atom is 0.282 e. The van der Waals surface area contributed by atoms with Gasteiger partial charge in [0.25, 0.3) is 5.56 Å². The molecule has 0 saturated heterocycles. The topological polar surface area (TPSA) is 72.3 Å². The van der Waals surface area contributed by atoms with Crippen molar-refractivity contribution in [3.63, 3.8) is 0 Å². The van der Waals surface area contributed by atoms with Crippen LogP contribution in [0.2, 0.25) is 0 Å². The van der Waals surface area contributed by atoms with Crippen molar-refractivity contribution >= 4 is 5.65 Å². The number of aryl methyl sites for hydroxylation is 1. The minimum atomic E-state index is -0.197. The van der Waals surface area contributed by atoms with Gasteiger partial charge in [-0.2, -0.15) is 9.61 Å². The third-order valence-electron chi connectivity index (χ3n) is 5.32. The Morgan fingerprint density at radius 1 is 0.839 bits per heavy atom. The molecular weight excluding hydrogens is 388 g/mol. The smallest absolute Gasteiger partial charge is 0.282 e. The van der Waals surface area contributed by atoms with E-state index in [4.69, 9.17) is 9.84 Å². The van der Waals surface area contributed by atoms with E-state index in [1.165, 1.54) is 4.52 Å². The summed E-state index contributed by atoms with van der Waals surface area (Å²) in [7, 11) is 1.56. The van der Waals surface area contributed by atoms with Crippen molar-refractivity contribution in [3.8, 4) is 39.4 Å². The van der Waals surface area contributed by atoms with Gasteiger partial charge >= 0.3 is 0 Å². The predicted octanol–water partition coefficient (Wildman–Crippen LogP) is 4.74. The highest BCUT2D eigenvalue weighted by Gasteiger charge is 2.21. The van der Waals surface area contributed by atoms with E-state index in [2.05, 4.69) is 9.97 Å². The first-order valence-electron chi connectivity index (χ1n) is 9.94. The molecule has 6 nitrogen and oxygen atoms in total. The van der Waals surface area contributed by atoms with Crippen molar-refractivity contribution in [2.24, 2.45) is 0 Å². The van der Waals surface area contributed by atoms with Crippen LogP contribution in [-0.2, 0) is 0 Å². The van der Waals surface area contributed by atoms with E-state index in [0.717, 1.165) is 28.1 Å². The van der Waals surface area contributed by atoms with Crippen LogP contribution >= 0.6 is 0 Å². The third kappa shape index (κ3) is 3.18. The average Bonchev–Trinajstić information content (AvgIpc) is 3.20. The van der Waals surface area contributed by atoms with Gasteiger partial charge in [0.05, 0.1) is 18.2 Å². The first-order valence-corrected chi connectivity index (χ1v) is 9.94. The number of nitrogens with zero attached hydrogens (tertiary/aromatic N) is 3. The third-order valence-corrected chi connectivity index (χ3v) is 5.32. The molecule has 0 amide bonds. The first kappa shape index (κ1) is 18.8. The highest BCUT2D eigenvalue weighted by atomic mass is 16.5. The van der Waals surface area contributed by atoms with Crippen molar-refractivity contribution in [1.82, 2.24) is 19.6 Å². The predicted molar refractivity (Wildman–Crippen MR) is 121 cm³/mol. The van der Waals surface area contributed by atoms with E-state index < -0.39 is 0 Å². The van der Waals surface area contributed by atoms with Gasteiger partial charge in [-0.3, -0.25) is 4.79 Å². The number of hydrogen-bond acceptors (Lipinski definition) is 4. The van der Waals surface area contributed by atoms with Crippen LogP contribution in [0.4, 0.5) is 0 Å². The number of benzene rings is 2. The molecule has 3 heterocycles. The first-order chi connectivity index (χ1) is 15.2. The molecule has 5 rings (SSSR count). The molecule has 2 aromatic carbocycles. The lowest BCUT2D eigenvalue weighted by molar-refractivity contribution is 0.398. The Kier molecular flexibility index (Phi) is 4.59.